The van der Waals surface area contributed by atoms with Crippen LogP contribution in [0.2, 0.25) is 0 Å². The van der Waals surface area contributed by atoms with Crippen molar-refractivity contribution < 1.29 is 0 Å². The molecule has 1 unspecified atom stereocenters. The maximum absolute atomic E-state index is 5.78. The monoisotopic (exact) mass is 202 g/mol. The number of piperazine rings is 1. The second kappa shape index (κ2) is 4.99. The molecule has 13 heavy (non-hydrogen) atoms. The van der Waals surface area contributed by atoms with E-state index in [1.165, 1.54) is 0 Å². The van der Waals surface area contributed by atoms with Crippen LogP contribution in [0.3, 0.4) is 0 Å². The van der Waals surface area contributed by atoms with Crippen molar-refractivity contribution >= 4 is 11.6 Å². The summed E-state index contributed by atoms with van der Waals surface area (Å²) in [6.07, 6.45) is 0. The predicted octanol–water partition coefficient (Wildman–Crippen LogP) is 1.76. The van der Waals surface area contributed by atoms with Crippen molar-refractivity contribution in [1.29, 1.82) is 0 Å². The van der Waals surface area contributed by atoms with Crippen LogP contribution >= 0.6 is 11.6 Å². The smallest absolute Gasteiger partial charge is 0.0336 e. The Labute approximate surface area is 86.2 Å². The highest BCUT2D eigenvalue weighted by atomic mass is 35.5. The maximum atomic E-state index is 5.78. The first kappa shape index (κ1) is 11.0. The molecule has 1 aliphatic rings. The Morgan fingerprint density at radius 3 is 2.69 bits per heavy atom. The predicted molar refractivity (Wildman–Crippen MR) is 58.1 cm³/mol. The Hall–Kier alpha value is -0.0500. The lowest BCUT2D eigenvalue weighted by Gasteiger charge is -2.39. The van der Waals surface area contributed by atoms with Crippen molar-refractivity contribution in [3.63, 3.8) is 0 Å². The highest BCUT2D eigenvalue weighted by Crippen LogP contribution is 2.11. The van der Waals surface area contributed by atoms with Gasteiger partial charge in [-0.2, -0.15) is 0 Å². The summed E-state index contributed by atoms with van der Waals surface area (Å²) in [6, 6.07) is 0.648. The van der Waals surface area contributed by atoms with Crippen molar-refractivity contribution in [2.24, 2.45) is 0 Å². The summed E-state index contributed by atoms with van der Waals surface area (Å²) in [5.74, 6) is 0. The zero-order valence-electron chi connectivity index (χ0n) is 8.59. The molecule has 1 saturated heterocycles. The standard InChI is InChI=1S/C10H19ClN2/c1-4-13-6-5-12(7-9(2)11)8-10(13)3/h10H,2,4-8H2,1,3H3. The van der Waals surface area contributed by atoms with E-state index in [0.717, 1.165) is 37.8 Å². The molecule has 0 aliphatic carbocycles. The topological polar surface area (TPSA) is 6.48 Å². The minimum absolute atomic E-state index is 0.648. The highest BCUT2D eigenvalue weighted by Gasteiger charge is 2.21. The van der Waals surface area contributed by atoms with E-state index < -0.39 is 0 Å². The van der Waals surface area contributed by atoms with Gasteiger partial charge in [-0.3, -0.25) is 9.80 Å². The molecule has 2 nitrogen and oxygen atoms in total. The minimum atomic E-state index is 0.648. The van der Waals surface area contributed by atoms with Crippen molar-refractivity contribution in [3.8, 4) is 0 Å². The van der Waals surface area contributed by atoms with E-state index in [1.54, 1.807) is 0 Å². The van der Waals surface area contributed by atoms with Gasteiger partial charge in [0.1, 0.15) is 0 Å². The molecular weight excluding hydrogens is 184 g/mol. The summed E-state index contributed by atoms with van der Waals surface area (Å²) in [4.78, 5) is 4.86. The summed E-state index contributed by atoms with van der Waals surface area (Å²) in [5.41, 5.74) is 0. The second-order valence-electron chi connectivity index (χ2n) is 3.73. The van der Waals surface area contributed by atoms with E-state index >= 15 is 0 Å². The normalized spacial score (nSPS) is 26.2. The van der Waals surface area contributed by atoms with Gasteiger partial charge in [-0.05, 0) is 13.5 Å². The second-order valence-corrected chi connectivity index (χ2v) is 4.26. The van der Waals surface area contributed by atoms with E-state index in [0.29, 0.717) is 6.04 Å². The molecule has 0 saturated carbocycles. The van der Waals surface area contributed by atoms with Gasteiger partial charge in [-0.15, -0.1) is 0 Å². The molecule has 76 valence electrons. The van der Waals surface area contributed by atoms with Gasteiger partial charge >= 0.3 is 0 Å². The number of halogens is 1. The number of likely N-dealkylation sites (N-methyl/N-ethyl adjacent to an activating group) is 1. The molecule has 0 radical (unpaired) electrons. The van der Waals surface area contributed by atoms with Gasteiger partial charge in [0.15, 0.2) is 0 Å². The molecule has 1 fully saturated rings. The van der Waals surface area contributed by atoms with Crippen LogP contribution in [0.25, 0.3) is 0 Å². The zero-order chi connectivity index (χ0) is 9.84. The molecule has 0 spiro atoms. The fraction of sp³-hybridized carbons (Fsp3) is 0.800. The zero-order valence-corrected chi connectivity index (χ0v) is 9.35. The molecule has 0 N–H and O–H groups in total. The van der Waals surface area contributed by atoms with Crippen molar-refractivity contribution in [2.75, 3.05) is 32.7 Å². The molecule has 1 atom stereocenters. The lowest BCUT2D eigenvalue weighted by molar-refractivity contribution is 0.0955. The number of hydrogen-bond donors (Lipinski definition) is 0. The molecule has 0 amide bonds. The van der Waals surface area contributed by atoms with Crippen molar-refractivity contribution in [1.82, 2.24) is 9.80 Å². The van der Waals surface area contributed by atoms with Crippen LogP contribution in [0.1, 0.15) is 13.8 Å². The molecular formula is C10H19ClN2. The molecule has 0 aromatic carbocycles. The van der Waals surface area contributed by atoms with Gasteiger partial charge in [0, 0.05) is 37.3 Å². The Kier molecular flexibility index (Phi) is 4.23. The van der Waals surface area contributed by atoms with E-state index in [2.05, 4.69) is 30.2 Å². The first-order valence-electron chi connectivity index (χ1n) is 4.93. The number of hydrogen-bond acceptors (Lipinski definition) is 2. The van der Waals surface area contributed by atoms with E-state index in [9.17, 15) is 0 Å². The Morgan fingerprint density at radius 2 is 2.23 bits per heavy atom. The molecule has 3 heteroatoms. The first-order valence-corrected chi connectivity index (χ1v) is 5.31. The molecule has 1 aliphatic heterocycles. The lowest BCUT2D eigenvalue weighted by Crippen LogP contribution is -2.51. The largest absolute Gasteiger partial charge is 0.298 e. The van der Waals surface area contributed by atoms with Gasteiger partial charge in [0.25, 0.3) is 0 Å². The van der Waals surface area contributed by atoms with Crippen molar-refractivity contribution in [3.05, 3.63) is 11.6 Å². The highest BCUT2D eigenvalue weighted by molar-refractivity contribution is 6.29. The molecule has 0 aromatic rings. The summed E-state index contributed by atoms with van der Waals surface area (Å²) < 4.78 is 0. The summed E-state index contributed by atoms with van der Waals surface area (Å²) in [7, 11) is 0. The van der Waals surface area contributed by atoms with Gasteiger partial charge in [0.2, 0.25) is 0 Å². The third kappa shape index (κ3) is 3.29. The first-order chi connectivity index (χ1) is 6.13. The number of nitrogens with zero attached hydrogens (tertiary/aromatic N) is 2. The van der Waals surface area contributed by atoms with Gasteiger partial charge in [-0.1, -0.05) is 25.1 Å². The quantitative estimate of drug-likeness (QED) is 0.689. The van der Waals surface area contributed by atoms with Crippen LogP contribution in [0.15, 0.2) is 11.6 Å². The average Bonchev–Trinajstić information content (AvgIpc) is 2.03. The number of rotatable bonds is 3. The Morgan fingerprint density at radius 1 is 1.54 bits per heavy atom. The van der Waals surface area contributed by atoms with Gasteiger partial charge < -0.3 is 0 Å². The van der Waals surface area contributed by atoms with Crippen LogP contribution in [0.4, 0.5) is 0 Å². The van der Waals surface area contributed by atoms with E-state index in [-0.39, 0.29) is 0 Å². The molecule has 1 heterocycles. The Bertz CT molecular complexity index is 182. The summed E-state index contributed by atoms with van der Waals surface area (Å²) in [5, 5.41) is 0.747. The van der Waals surface area contributed by atoms with Gasteiger partial charge in [-0.25, -0.2) is 0 Å². The van der Waals surface area contributed by atoms with Crippen LogP contribution in [0.5, 0.6) is 0 Å². The maximum Gasteiger partial charge on any atom is 0.0336 e. The molecule has 1 rings (SSSR count). The third-order valence-electron chi connectivity index (χ3n) is 2.65. The van der Waals surface area contributed by atoms with E-state index in [1.807, 2.05) is 0 Å². The van der Waals surface area contributed by atoms with Crippen LogP contribution in [0, 0.1) is 0 Å². The Balaban J connectivity index is 2.36. The van der Waals surface area contributed by atoms with E-state index in [4.69, 9.17) is 11.6 Å². The van der Waals surface area contributed by atoms with Gasteiger partial charge in [0.05, 0.1) is 0 Å². The fourth-order valence-corrected chi connectivity index (χ4v) is 2.10. The summed E-state index contributed by atoms with van der Waals surface area (Å²) >= 11 is 5.78. The average molecular weight is 203 g/mol. The fourth-order valence-electron chi connectivity index (χ4n) is 1.93. The van der Waals surface area contributed by atoms with Crippen molar-refractivity contribution in [2.45, 2.75) is 19.9 Å². The lowest BCUT2D eigenvalue weighted by atomic mass is 10.2. The third-order valence-corrected chi connectivity index (χ3v) is 2.77. The molecule has 0 bridgehead atoms. The summed E-state index contributed by atoms with van der Waals surface area (Å²) in [6.45, 7) is 13.6. The SMILES string of the molecule is C=C(Cl)CN1CCN(CC)C(C)C1. The van der Waals surface area contributed by atoms with Crippen LogP contribution in [-0.4, -0.2) is 48.6 Å². The minimum Gasteiger partial charge on any atom is -0.298 e. The van der Waals surface area contributed by atoms with Crippen LogP contribution in [-0.2, 0) is 0 Å². The molecule has 0 aromatic heterocycles. The van der Waals surface area contributed by atoms with Crippen LogP contribution < -0.4 is 0 Å².